The van der Waals surface area contributed by atoms with Gasteiger partial charge in [0, 0.05) is 17.2 Å². The molecular weight excluding hydrogens is 310 g/mol. The Labute approximate surface area is 118 Å². The molecule has 2 aromatic heterocycles. The Kier molecular flexibility index (Phi) is 3.86. The number of ether oxygens (including phenoxy) is 1. The molecule has 0 N–H and O–H groups in total. The molecular formula is C13H12BrN3O2. The van der Waals surface area contributed by atoms with Gasteiger partial charge in [0.15, 0.2) is 5.69 Å². The number of fused-ring (bicyclic) bond motifs is 1. The van der Waals surface area contributed by atoms with Crippen molar-refractivity contribution >= 4 is 32.9 Å². The van der Waals surface area contributed by atoms with Crippen LogP contribution in [0.15, 0.2) is 16.7 Å². The van der Waals surface area contributed by atoms with Crippen molar-refractivity contribution in [1.29, 1.82) is 5.26 Å². The molecule has 0 aromatic carbocycles. The molecule has 0 saturated carbocycles. The largest absolute Gasteiger partial charge is 0.461 e. The number of carbonyl (C=O) groups is 1. The van der Waals surface area contributed by atoms with Gasteiger partial charge in [-0.15, -0.1) is 0 Å². The second kappa shape index (κ2) is 5.41. The number of hydrogen-bond donors (Lipinski definition) is 0. The van der Waals surface area contributed by atoms with Crippen molar-refractivity contribution in [1.82, 2.24) is 9.55 Å². The molecule has 0 radical (unpaired) electrons. The summed E-state index contributed by atoms with van der Waals surface area (Å²) in [4.78, 5) is 16.0. The van der Waals surface area contributed by atoms with Crippen LogP contribution in [0.25, 0.3) is 11.0 Å². The van der Waals surface area contributed by atoms with Crippen LogP contribution in [0.4, 0.5) is 0 Å². The third-order valence-electron chi connectivity index (χ3n) is 2.72. The lowest BCUT2D eigenvalue weighted by Crippen LogP contribution is -2.08. The van der Waals surface area contributed by atoms with Crippen molar-refractivity contribution in [2.75, 3.05) is 6.61 Å². The van der Waals surface area contributed by atoms with Crippen molar-refractivity contribution in [3.8, 4) is 6.07 Å². The van der Waals surface area contributed by atoms with E-state index in [1.165, 1.54) is 0 Å². The molecule has 0 atom stereocenters. The first-order chi connectivity index (χ1) is 9.12. The van der Waals surface area contributed by atoms with E-state index in [4.69, 9.17) is 10.00 Å². The SMILES string of the molecule is CCOC(=O)c1cc(Br)c2c(C#N)cn(CC)c2n1. The van der Waals surface area contributed by atoms with Gasteiger partial charge in [0.1, 0.15) is 11.7 Å². The number of nitriles is 1. The van der Waals surface area contributed by atoms with Gasteiger partial charge in [-0.1, -0.05) is 0 Å². The van der Waals surface area contributed by atoms with Crippen LogP contribution >= 0.6 is 15.9 Å². The summed E-state index contributed by atoms with van der Waals surface area (Å²) in [5.41, 5.74) is 1.38. The second-order valence-corrected chi connectivity index (χ2v) is 4.70. The van der Waals surface area contributed by atoms with Gasteiger partial charge in [-0.05, 0) is 35.8 Å². The molecule has 0 aliphatic heterocycles. The Morgan fingerprint density at radius 3 is 2.89 bits per heavy atom. The predicted molar refractivity (Wildman–Crippen MR) is 73.8 cm³/mol. The van der Waals surface area contributed by atoms with Gasteiger partial charge in [-0.2, -0.15) is 5.26 Å². The Morgan fingerprint density at radius 1 is 1.58 bits per heavy atom. The zero-order valence-electron chi connectivity index (χ0n) is 10.6. The summed E-state index contributed by atoms with van der Waals surface area (Å²) < 4.78 is 7.45. The minimum Gasteiger partial charge on any atom is -0.461 e. The smallest absolute Gasteiger partial charge is 0.357 e. The third-order valence-corrected chi connectivity index (χ3v) is 3.35. The molecule has 0 aliphatic carbocycles. The molecule has 2 heterocycles. The molecule has 0 spiro atoms. The summed E-state index contributed by atoms with van der Waals surface area (Å²) in [5, 5.41) is 9.85. The molecule has 6 heteroatoms. The molecule has 0 amide bonds. The number of halogens is 1. The first-order valence-electron chi connectivity index (χ1n) is 5.88. The summed E-state index contributed by atoms with van der Waals surface area (Å²) in [5.74, 6) is -0.465. The average Bonchev–Trinajstić information content (AvgIpc) is 2.77. The number of carbonyl (C=O) groups excluding carboxylic acids is 1. The standard InChI is InChI=1S/C13H12BrN3O2/c1-3-17-7-8(6-15)11-9(14)5-10(16-12(11)17)13(18)19-4-2/h5,7H,3-4H2,1-2H3. The van der Waals surface area contributed by atoms with E-state index in [0.29, 0.717) is 28.8 Å². The van der Waals surface area contributed by atoms with E-state index >= 15 is 0 Å². The van der Waals surface area contributed by atoms with E-state index in [1.54, 1.807) is 19.2 Å². The van der Waals surface area contributed by atoms with Crippen molar-refractivity contribution in [2.45, 2.75) is 20.4 Å². The summed E-state index contributed by atoms with van der Waals surface area (Å²) in [6.07, 6.45) is 1.73. The minimum atomic E-state index is -0.465. The Balaban J connectivity index is 2.69. The first kappa shape index (κ1) is 13.6. The molecule has 5 nitrogen and oxygen atoms in total. The van der Waals surface area contributed by atoms with Crippen LogP contribution < -0.4 is 0 Å². The molecule has 98 valence electrons. The molecule has 2 rings (SSSR count). The number of nitrogens with zero attached hydrogens (tertiary/aromatic N) is 3. The third kappa shape index (κ3) is 2.34. The van der Waals surface area contributed by atoms with Gasteiger partial charge in [0.25, 0.3) is 0 Å². The van der Waals surface area contributed by atoms with Gasteiger partial charge >= 0.3 is 5.97 Å². The van der Waals surface area contributed by atoms with Crippen LogP contribution in [0.5, 0.6) is 0 Å². The van der Waals surface area contributed by atoms with E-state index in [9.17, 15) is 4.79 Å². The maximum atomic E-state index is 11.7. The average molecular weight is 322 g/mol. The maximum absolute atomic E-state index is 11.7. The quantitative estimate of drug-likeness (QED) is 0.815. The normalized spacial score (nSPS) is 10.4. The molecule has 2 aromatic rings. The molecule has 0 unspecified atom stereocenters. The summed E-state index contributed by atoms with van der Waals surface area (Å²) in [6.45, 7) is 4.67. The molecule has 0 aliphatic rings. The highest BCUT2D eigenvalue weighted by Crippen LogP contribution is 2.28. The van der Waals surface area contributed by atoms with E-state index < -0.39 is 5.97 Å². The minimum absolute atomic E-state index is 0.235. The number of esters is 1. The van der Waals surface area contributed by atoms with Gasteiger partial charge < -0.3 is 9.30 Å². The van der Waals surface area contributed by atoms with Gasteiger partial charge in [0.2, 0.25) is 0 Å². The highest BCUT2D eigenvalue weighted by molar-refractivity contribution is 9.10. The molecule has 0 bridgehead atoms. The zero-order valence-corrected chi connectivity index (χ0v) is 12.2. The first-order valence-corrected chi connectivity index (χ1v) is 6.68. The van der Waals surface area contributed by atoms with Crippen LogP contribution in [-0.4, -0.2) is 22.1 Å². The number of pyridine rings is 1. The van der Waals surface area contributed by atoms with E-state index in [2.05, 4.69) is 27.0 Å². The topological polar surface area (TPSA) is 67.9 Å². The van der Waals surface area contributed by atoms with Crippen molar-refractivity contribution in [3.05, 3.63) is 28.0 Å². The molecule has 19 heavy (non-hydrogen) atoms. The Hall–Kier alpha value is -1.87. The van der Waals surface area contributed by atoms with Gasteiger partial charge in [0.05, 0.1) is 17.6 Å². The number of aryl methyl sites for hydroxylation is 1. The van der Waals surface area contributed by atoms with E-state index in [0.717, 1.165) is 5.39 Å². The second-order valence-electron chi connectivity index (χ2n) is 3.85. The lowest BCUT2D eigenvalue weighted by Gasteiger charge is -2.05. The van der Waals surface area contributed by atoms with Crippen molar-refractivity contribution < 1.29 is 9.53 Å². The van der Waals surface area contributed by atoms with Crippen LogP contribution in [-0.2, 0) is 11.3 Å². The summed E-state index contributed by atoms with van der Waals surface area (Å²) in [6, 6.07) is 3.72. The van der Waals surface area contributed by atoms with Crippen LogP contribution in [0.1, 0.15) is 29.9 Å². The van der Waals surface area contributed by atoms with Gasteiger partial charge in [-0.25, -0.2) is 9.78 Å². The predicted octanol–water partition coefficient (Wildman–Crippen LogP) is 2.87. The van der Waals surface area contributed by atoms with Crippen LogP contribution in [0.3, 0.4) is 0 Å². The highest BCUT2D eigenvalue weighted by atomic mass is 79.9. The van der Waals surface area contributed by atoms with Crippen LogP contribution in [0.2, 0.25) is 0 Å². The zero-order chi connectivity index (χ0) is 14.0. The van der Waals surface area contributed by atoms with E-state index in [-0.39, 0.29) is 5.69 Å². The Bertz CT molecular complexity index is 685. The number of rotatable bonds is 3. The maximum Gasteiger partial charge on any atom is 0.357 e. The number of hydrogen-bond acceptors (Lipinski definition) is 4. The fraction of sp³-hybridized carbons (Fsp3) is 0.308. The summed E-state index contributed by atoms with van der Waals surface area (Å²) >= 11 is 3.39. The molecule has 0 fully saturated rings. The fourth-order valence-electron chi connectivity index (χ4n) is 1.88. The van der Waals surface area contributed by atoms with E-state index in [1.807, 2.05) is 11.5 Å². The van der Waals surface area contributed by atoms with Crippen LogP contribution in [0, 0.1) is 11.3 Å². The lowest BCUT2D eigenvalue weighted by atomic mass is 10.2. The lowest BCUT2D eigenvalue weighted by molar-refractivity contribution is 0.0520. The molecule has 0 saturated heterocycles. The summed E-state index contributed by atoms with van der Waals surface area (Å²) in [7, 11) is 0. The van der Waals surface area contributed by atoms with Crippen molar-refractivity contribution in [3.63, 3.8) is 0 Å². The number of aromatic nitrogens is 2. The van der Waals surface area contributed by atoms with Gasteiger partial charge in [-0.3, -0.25) is 0 Å². The monoisotopic (exact) mass is 321 g/mol. The Morgan fingerprint density at radius 2 is 2.32 bits per heavy atom. The highest BCUT2D eigenvalue weighted by Gasteiger charge is 2.17. The fourth-order valence-corrected chi connectivity index (χ4v) is 2.48. The van der Waals surface area contributed by atoms with Crippen molar-refractivity contribution in [2.24, 2.45) is 0 Å².